The van der Waals surface area contributed by atoms with Gasteiger partial charge in [0.15, 0.2) is 0 Å². The van der Waals surface area contributed by atoms with Gasteiger partial charge < -0.3 is 27.1 Å². The zero-order chi connectivity index (χ0) is 64.7. The van der Waals surface area contributed by atoms with Gasteiger partial charge in [0.05, 0.1) is 88.6 Å². The fraction of sp³-hybridized carbons (Fsp3) is 0. The third-order valence-corrected chi connectivity index (χ3v) is 21.9. The lowest BCUT2D eigenvalue weighted by Crippen LogP contribution is -1.99. The number of aromatic nitrogens is 10. The molecule has 11 aromatic heterocycles. The Hall–Kier alpha value is -13.7. The van der Waals surface area contributed by atoms with Crippen LogP contribution in [0.15, 0.2) is 304 Å². The van der Waals surface area contributed by atoms with Crippen LogP contribution in [-0.4, -0.2) is 47.0 Å². The van der Waals surface area contributed by atoms with Crippen LogP contribution in [0.4, 0.5) is 0 Å². The number of hydrogen-bond donors (Lipinski definition) is 0. The number of para-hydroxylation sites is 8. The molecule has 0 bridgehead atoms. The minimum absolute atomic E-state index is 0.729. The smallest absolute Gasteiger partial charge is 0.100 e. The molecule has 10 nitrogen and oxygen atoms in total. The van der Waals surface area contributed by atoms with Crippen LogP contribution in [0.2, 0.25) is 0 Å². The Labute approximate surface area is 567 Å². The Balaban J connectivity index is 0.940. The lowest BCUT2D eigenvalue weighted by atomic mass is 9.99. The number of fused-ring (bicyclic) bond motifs is 28. The quantitative estimate of drug-likeness (QED) is 0.166. The fourth-order valence-electron chi connectivity index (χ4n) is 18.0. The highest BCUT2D eigenvalue weighted by Gasteiger charge is 2.32. The van der Waals surface area contributed by atoms with Gasteiger partial charge in [0.2, 0.25) is 0 Å². The van der Waals surface area contributed by atoms with E-state index in [2.05, 4.69) is 294 Å². The van der Waals surface area contributed by atoms with Gasteiger partial charge in [-0.1, -0.05) is 146 Å². The van der Waals surface area contributed by atoms with Gasteiger partial charge in [0.1, 0.15) is 11.0 Å². The van der Waals surface area contributed by atoms with E-state index in [4.69, 9.17) is 19.9 Å². The van der Waals surface area contributed by atoms with E-state index in [1.807, 2.05) is 36.9 Å². The van der Waals surface area contributed by atoms with E-state index in [1.54, 1.807) is 0 Å². The first-order valence-electron chi connectivity index (χ1n) is 34.1. The maximum absolute atomic E-state index is 6.15. The standard InChI is InChI=1S/C90H50N10/c1-9-29-71-57(21-1)58-22-2-10-30-72(58)95(71)53-37-39-79-65(43-53)67-45-55(97-75-33-13-5-25-61(75)62-26-6-14-34-76(62)97)47-69-81-85-86(94-84(52-20-18-42-92-50-52)83(93-85)51-19-17-41-91-49-51)82-70-48-56(98-77-35-15-7-27-63(77)64-28-8-16-36-78(64)98)46-68-66-44-54(96-73-31-11-3-23-59(73)60-24-4-12-32-74(60)96)38-40-80(66)100(88(68)70)90(82)89(81)99(79)87(67)69/h1-50H. The summed E-state index contributed by atoms with van der Waals surface area (Å²) in [5.74, 6) is 0. The molecule has 13 aromatic carbocycles. The van der Waals surface area contributed by atoms with E-state index in [-0.39, 0.29) is 0 Å². The average molecular weight is 1270 g/mol. The van der Waals surface area contributed by atoms with Crippen molar-refractivity contribution in [3.05, 3.63) is 304 Å². The minimum Gasteiger partial charge on any atom is -0.309 e. The first-order chi connectivity index (χ1) is 49.7. The maximum atomic E-state index is 6.15. The molecule has 460 valence electrons. The number of hydrogen-bond acceptors (Lipinski definition) is 4. The molecule has 11 heterocycles. The molecule has 0 aliphatic heterocycles. The van der Waals surface area contributed by atoms with Gasteiger partial charge in [-0.2, -0.15) is 0 Å². The fourth-order valence-corrected chi connectivity index (χ4v) is 18.0. The predicted octanol–water partition coefficient (Wildman–Crippen LogP) is 22.4. The van der Waals surface area contributed by atoms with E-state index in [1.165, 1.54) is 43.1 Å². The van der Waals surface area contributed by atoms with Crippen LogP contribution in [0.3, 0.4) is 0 Å². The van der Waals surface area contributed by atoms with Crippen LogP contribution in [-0.2, 0) is 0 Å². The average Bonchev–Trinajstić information content (AvgIpc) is 1.48. The van der Waals surface area contributed by atoms with Crippen LogP contribution in [0, 0.1) is 0 Å². The molecule has 0 spiro atoms. The summed E-state index contributed by atoms with van der Waals surface area (Å²) in [5.41, 5.74) is 24.8. The van der Waals surface area contributed by atoms with Crippen molar-refractivity contribution in [2.75, 3.05) is 0 Å². The van der Waals surface area contributed by atoms with Crippen molar-refractivity contribution in [2.24, 2.45) is 0 Å². The number of nitrogens with zero attached hydrogens (tertiary/aromatic N) is 10. The van der Waals surface area contributed by atoms with E-state index in [0.717, 1.165) is 177 Å². The van der Waals surface area contributed by atoms with Crippen molar-refractivity contribution in [3.63, 3.8) is 0 Å². The zero-order valence-corrected chi connectivity index (χ0v) is 53.3. The Morgan fingerprint density at radius 3 is 0.790 bits per heavy atom. The summed E-state index contributed by atoms with van der Waals surface area (Å²) in [6.07, 6.45) is 7.49. The van der Waals surface area contributed by atoms with E-state index >= 15 is 0 Å². The first-order valence-corrected chi connectivity index (χ1v) is 34.1. The Morgan fingerprint density at radius 1 is 0.210 bits per heavy atom. The van der Waals surface area contributed by atoms with Crippen LogP contribution in [0.1, 0.15) is 0 Å². The number of rotatable bonds is 6. The molecule has 0 radical (unpaired) electrons. The third kappa shape index (κ3) is 6.66. The van der Waals surface area contributed by atoms with E-state index in [0.29, 0.717) is 0 Å². The second-order valence-electron chi connectivity index (χ2n) is 26.9. The van der Waals surface area contributed by atoms with Crippen molar-refractivity contribution in [3.8, 4) is 45.3 Å². The summed E-state index contributed by atoms with van der Waals surface area (Å²) in [4.78, 5) is 21.8. The first kappa shape index (κ1) is 52.6. The highest BCUT2D eigenvalue weighted by Crippen LogP contribution is 2.53. The van der Waals surface area contributed by atoms with Crippen LogP contribution >= 0.6 is 0 Å². The van der Waals surface area contributed by atoms with Crippen molar-refractivity contribution in [2.45, 2.75) is 0 Å². The van der Waals surface area contributed by atoms with Gasteiger partial charge >= 0.3 is 0 Å². The summed E-state index contributed by atoms with van der Waals surface area (Å²) in [6.45, 7) is 0. The summed E-state index contributed by atoms with van der Waals surface area (Å²) in [7, 11) is 0. The summed E-state index contributed by atoms with van der Waals surface area (Å²) >= 11 is 0. The summed E-state index contributed by atoms with van der Waals surface area (Å²) in [5, 5.41) is 18.5. The Bertz CT molecular complexity index is 7040. The van der Waals surface area contributed by atoms with E-state index in [9.17, 15) is 0 Å². The van der Waals surface area contributed by atoms with Crippen LogP contribution in [0.5, 0.6) is 0 Å². The molecule has 0 N–H and O–H groups in total. The third-order valence-electron chi connectivity index (χ3n) is 21.9. The van der Waals surface area contributed by atoms with Crippen LogP contribution in [0.25, 0.3) is 220 Å². The van der Waals surface area contributed by atoms with Crippen molar-refractivity contribution in [1.82, 2.24) is 47.0 Å². The maximum Gasteiger partial charge on any atom is 0.100 e. The normalized spacial score (nSPS) is 12.6. The van der Waals surface area contributed by atoms with Gasteiger partial charge in [0.25, 0.3) is 0 Å². The Morgan fingerprint density at radius 2 is 0.490 bits per heavy atom. The number of benzene rings is 13. The molecule has 10 heteroatoms. The molecule has 0 atom stereocenters. The Kier molecular flexibility index (Phi) is 10.0. The molecule has 0 saturated carbocycles. The van der Waals surface area contributed by atoms with Crippen molar-refractivity contribution in [1.29, 1.82) is 0 Å². The molecule has 0 unspecified atom stereocenters. The molecule has 0 aliphatic carbocycles. The van der Waals surface area contributed by atoms with Crippen molar-refractivity contribution < 1.29 is 0 Å². The minimum atomic E-state index is 0.729. The second kappa shape index (κ2) is 19.1. The summed E-state index contributed by atoms with van der Waals surface area (Å²) in [6, 6.07) is 103. The zero-order valence-electron chi connectivity index (χ0n) is 53.3. The molecule has 0 fully saturated rings. The van der Waals surface area contributed by atoms with Gasteiger partial charge in [-0.05, 0) is 133 Å². The van der Waals surface area contributed by atoms with Gasteiger partial charge in [0, 0.05) is 145 Å². The molecular formula is C90H50N10. The topological polar surface area (TPSA) is 80.1 Å². The molecule has 0 amide bonds. The largest absolute Gasteiger partial charge is 0.309 e. The highest BCUT2D eigenvalue weighted by molar-refractivity contribution is 6.40. The second-order valence-corrected chi connectivity index (χ2v) is 26.9. The van der Waals surface area contributed by atoms with E-state index < -0.39 is 0 Å². The van der Waals surface area contributed by atoms with Gasteiger partial charge in [-0.3, -0.25) is 9.97 Å². The molecule has 0 aliphatic rings. The molecule has 100 heavy (non-hydrogen) atoms. The van der Waals surface area contributed by atoms with Gasteiger partial charge in [-0.15, -0.1) is 0 Å². The molecule has 0 saturated heterocycles. The predicted molar refractivity (Wildman–Crippen MR) is 413 cm³/mol. The SMILES string of the molecule is c1cncc(-c2nc3c(nc2-c2cccnc2)c2c4cc(-n5c6ccccc6c6ccccc65)cc5c6cc(-n7c8ccccc8c8ccccc87)ccc6n(c54)c2c2c3c3cc(-n4c5ccccc5c5ccccc54)cc4c5cc(-n6c7ccccc7c7ccccc76)ccc5n2c43)c1. The molecule has 24 aromatic rings. The van der Waals surface area contributed by atoms with Crippen molar-refractivity contribution >= 4 is 174 Å². The van der Waals surface area contributed by atoms with Crippen LogP contribution < -0.4 is 0 Å². The lowest BCUT2D eigenvalue weighted by Gasteiger charge is -2.14. The monoisotopic (exact) mass is 1270 g/mol. The number of pyridine rings is 2. The lowest BCUT2D eigenvalue weighted by molar-refractivity contribution is 1.18. The molecular weight excluding hydrogens is 1220 g/mol. The highest BCUT2D eigenvalue weighted by atomic mass is 15.0. The van der Waals surface area contributed by atoms with Gasteiger partial charge in [-0.25, -0.2) is 9.97 Å². The summed E-state index contributed by atoms with van der Waals surface area (Å²) < 4.78 is 15.1. The molecule has 24 rings (SSSR count).